The summed E-state index contributed by atoms with van der Waals surface area (Å²) in [5, 5.41) is 9.82. The summed E-state index contributed by atoms with van der Waals surface area (Å²) < 4.78 is 16.8. The number of rotatable bonds is 6. The first-order valence-electron chi connectivity index (χ1n) is 7.41. The maximum Gasteiger partial charge on any atom is 0.342 e. The predicted molar refractivity (Wildman–Crippen MR) is 103 cm³/mol. The van der Waals surface area contributed by atoms with Gasteiger partial charge in [-0.25, -0.2) is 9.78 Å². The van der Waals surface area contributed by atoms with E-state index in [0.717, 1.165) is 11.8 Å². The van der Waals surface area contributed by atoms with Crippen LogP contribution in [0.1, 0.15) is 5.56 Å². The SMILES string of the molecule is COc1cc(OC)c(/C=C(\Sc2nc3ccccc3o2)C(=O)O)cc1Br. The van der Waals surface area contributed by atoms with Gasteiger partial charge in [-0.15, -0.1) is 0 Å². The lowest BCUT2D eigenvalue weighted by molar-refractivity contribution is -0.131. The lowest BCUT2D eigenvalue weighted by atomic mass is 10.1. The number of para-hydroxylation sites is 2. The Kier molecular flexibility index (Phi) is 5.53. The summed E-state index contributed by atoms with van der Waals surface area (Å²) in [6.45, 7) is 0. The summed E-state index contributed by atoms with van der Waals surface area (Å²) in [5.74, 6) is -0.0179. The topological polar surface area (TPSA) is 81.8 Å². The van der Waals surface area contributed by atoms with Crippen molar-refractivity contribution >= 4 is 50.8 Å². The molecule has 0 aliphatic carbocycles. The molecule has 1 aromatic heterocycles. The third kappa shape index (κ3) is 3.86. The zero-order valence-corrected chi connectivity index (χ0v) is 16.3. The van der Waals surface area contributed by atoms with Gasteiger partial charge in [-0.3, -0.25) is 0 Å². The maximum absolute atomic E-state index is 11.7. The molecule has 0 saturated carbocycles. The number of benzene rings is 2. The third-order valence-electron chi connectivity index (χ3n) is 3.47. The van der Waals surface area contributed by atoms with E-state index in [1.54, 1.807) is 31.4 Å². The van der Waals surface area contributed by atoms with Crippen molar-refractivity contribution in [3.8, 4) is 11.5 Å². The normalized spacial score (nSPS) is 11.6. The molecule has 0 spiro atoms. The molecular weight excluding hydrogens is 422 g/mol. The lowest BCUT2D eigenvalue weighted by Crippen LogP contribution is -1.98. The fourth-order valence-corrected chi connectivity index (χ4v) is 3.52. The number of oxazole rings is 1. The number of halogens is 1. The van der Waals surface area contributed by atoms with Gasteiger partial charge in [-0.05, 0) is 52.0 Å². The first kappa shape index (κ1) is 18.3. The Hall–Kier alpha value is -2.45. The molecule has 0 atom stereocenters. The van der Waals surface area contributed by atoms with E-state index in [9.17, 15) is 9.90 Å². The minimum Gasteiger partial charge on any atom is -0.496 e. The number of aliphatic carboxylic acids is 1. The van der Waals surface area contributed by atoms with Crippen LogP contribution < -0.4 is 9.47 Å². The Balaban J connectivity index is 1.99. The Bertz CT molecular complexity index is 965. The van der Waals surface area contributed by atoms with Crippen molar-refractivity contribution in [3.05, 3.63) is 51.3 Å². The van der Waals surface area contributed by atoms with Crippen molar-refractivity contribution in [2.45, 2.75) is 5.22 Å². The molecule has 8 heteroatoms. The Morgan fingerprint density at radius 1 is 1.23 bits per heavy atom. The number of ether oxygens (including phenoxy) is 2. The molecule has 1 N–H and O–H groups in total. The van der Waals surface area contributed by atoms with Crippen LogP contribution >= 0.6 is 27.7 Å². The molecule has 134 valence electrons. The van der Waals surface area contributed by atoms with E-state index in [-0.39, 0.29) is 10.1 Å². The number of methoxy groups -OCH3 is 2. The number of aromatic nitrogens is 1. The van der Waals surface area contributed by atoms with Gasteiger partial charge in [0.1, 0.15) is 21.9 Å². The number of carboxylic acid groups (broad SMARTS) is 1. The predicted octanol–water partition coefficient (Wildman–Crippen LogP) is 4.83. The van der Waals surface area contributed by atoms with Crippen LogP contribution in [0.25, 0.3) is 17.2 Å². The molecule has 3 rings (SSSR count). The monoisotopic (exact) mass is 435 g/mol. The molecule has 0 fully saturated rings. The maximum atomic E-state index is 11.7. The van der Waals surface area contributed by atoms with Crippen LogP contribution in [0.4, 0.5) is 0 Å². The van der Waals surface area contributed by atoms with Gasteiger partial charge >= 0.3 is 5.97 Å². The summed E-state index contributed by atoms with van der Waals surface area (Å²) >= 11 is 4.33. The molecule has 3 aromatic rings. The van der Waals surface area contributed by atoms with Gasteiger partial charge in [-0.2, -0.15) is 0 Å². The van der Waals surface area contributed by atoms with Gasteiger partial charge in [0.15, 0.2) is 5.58 Å². The van der Waals surface area contributed by atoms with Crippen molar-refractivity contribution in [1.82, 2.24) is 4.98 Å². The van der Waals surface area contributed by atoms with E-state index >= 15 is 0 Å². The van der Waals surface area contributed by atoms with Crippen molar-refractivity contribution in [1.29, 1.82) is 0 Å². The molecule has 0 amide bonds. The van der Waals surface area contributed by atoms with Crippen LogP contribution in [0.2, 0.25) is 0 Å². The molecule has 6 nitrogen and oxygen atoms in total. The highest BCUT2D eigenvalue weighted by Crippen LogP contribution is 2.36. The minimum atomic E-state index is -1.09. The van der Waals surface area contributed by atoms with Gasteiger partial charge in [-0.1, -0.05) is 12.1 Å². The molecule has 1 heterocycles. The van der Waals surface area contributed by atoms with Crippen LogP contribution in [-0.2, 0) is 4.79 Å². The molecule has 0 aliphatic rings. The molecular formula is C18H14BrNO5S. The fourth-order valence-electron chi connectivity index (χ4n) is 2.26. The van der Waals surface area contributed by atoms with E-state index in [1.165, 1.54) is 13.2 Å². The van der Waals surface area contributed by atoms with Crippen LogP contribution in [0.3, 0.4) is 0 Å². The summed E-state index contributed by atoms with van der Waals surface area (Å²) in [5.41, 5.74) is 1.86. The first-order chi connectivity index (χ1) is 12.5. The fraction of sp³-hybridized carbons (Fsp3) is 0.111. The number of hydrogen-bond donors (Lipinski definition) is 1. The highest BCUT2D eigenvalue weighted by atomic mass is 79.9. The molecule has 26 heavy (non-hydrogen) atoms. The number of nitrogens with zero attached hydrogens (tertiary/aromatic N) is 1. The van der Waals surface area contributed by atoms with Crippen molar-refractivity contribution in [2.75, 3.05) is 14.2 Å². The second kappa shape index (κ2) is 7.84. The largest absolute Gasteiger partial charge is 0.496 e. The van der Waals surface area contributed by atoms with Gasteiger partial charge in [0, 0.05) is 11.6 Å². The molecule has 0 bridgehead atoms. The zero-order chi connectivity index (χ0) is 18.7. The second-order valence-corrected chi connectivity index (χ2v) is 6.94. The summed E-state index contributed by atoms with van der Waals surface area (Å²) in [6.07, 6.45) is 1.50. The van der Waals surface area contributed by atoms with Gasteiger partial charge in [0.2, 0.25) is 0 Å². The van der Waals surface area contributed by atoms with Gasteiger partial charge in [0.25, 0.3) is 5.22 Å². The van der Waals surface area contributed by atoms with Crippen LogP contribution in [0.5, 0.6) is 11.5 Å². The Morgan fingerprint density at radius 3 is 2.62 bits per heavy atom. The summed E-state index contributed by atoms with van der Waals surface area (Å²) in [6, 6.07) is 10.7. The zero-order valence-electron chi connectivity index (χ0n) is 13.9. The van der Waals surface area contributed by atoms with Gasteiger partial charge in [0.05, 0.1) is 18.7 Å². The number of carboxylic acids is 1. The van der Waals surface area contributed by atoms with E-state index in [4.69, 9.17) is 13.9 Å². The Labute approximate surface area is 161 Å². The van der Waals surface area contributed by atoms with Crippen molar-refractivity contribution < 1.29 is 23.8 Å². The smallest absolute Gasteiger partial charge is 0.342 e. The molecule has 2 aromatic carbocycles. The third-order valence-corrected chi connectivity index (χ3v) is 4.95. The van der Waals surface area contributed by atoms with Crippen LogP contribution in [0.15, 0.2) is 55.4 Å². The highest BCUT2D eigenvalue weighted by molar-refractivity contribution is 9.10. The van der Waals surface area contributed by atoms with E-state index < -0.39 is 5.97 Å². The lowest BCUT2D eigenvalue weighted by Gasteiger charge is -2.10. The molecule has 0 aliphatic heterocycles. The van der Waals surface area contributed by atoms with Crippen molar-refractivity contribution in [3.63, 3.8) is 0 Å². The van der Waals surface area contributed by atoms with Crippen molar-refractivity contribution in [2.24, 2.45) is 0 Å². The number of hydrogen-bond acceptors (Lipinski definition) is 6. The highest BCUT2D eigenvalue weighted by Gasteiger charge is 2.17. The summed E-state index contributed by atoms with van der Waals surface area (Å²) in [7, 11) is 3.05. The first-order valence-corrected chi connectivity index (χ1v) is 9.02. The summed E-state index contributed by atoms with van der Waals surface area (Å²) in [4.78, 5) is 16.0. The molecule has 0 saturated heterocycles. The number of fused-ring (bicyclic) bond motifs is 1. The molecule has 0 unspecified atom stereocenters. The van der Waals surface area contributed by atoms with E-state index in [1.807, 2.05) is 12.1 Å². The van der Waals surface area contributed by atoms with Crippen LogP contribution in [-0.4, -0.2) is 30.3 Å². The second-order valence-electron chi connectivity index (χ2n) is 5.09. The average Bonchev–Trinajstić information content (AvgIpc) is 3.03. The quantitative estimate of drug-likeness (QED) is 0.438. The van der Waals surface area contributed by atoms with Gasteiger partial charge < -0.3 is 19.0 Å². The Morgan fingerprint density at radius 2 is 1.96 bits per heavy atom. The average molecular weight is 436 g/mol. The number of carbonyl (C=O) groups is 1. The van der Waals surface area contributed by atoms with E-state index in [2.05, 4.69) is 20.9 Å². The number of thioether (sulfide) groups is 1. The minimum absolute atomic E-state index is 0.0481. The molecule has 0 radical (unpaired) electrons. The standard InChI is InChI=1S/C18H14BrNO5S/c1-23-14-9-15(24-2)11(19)7-10(14)8-16(17(21)22)26-18-20-12-5-3-4-6-13(12)25-18/h3-9H,1-2H3,(H,21,22)/b16-8-. The van der Waals surface area contributed by atoms with Crippen LogP contribution in [0, 0.1) is 0 Å². The van der Waals surface area contributed by atoms with E-state index in [0.29, 0.717) is 32.6 Å².